The second-order valence-corrected chi connectivity index (χ2v) is 7.03. The summed E-state index contributed by atoms with van der Waals surface area (Å²) >= 11 is 0. The van der Waals surface area contributed by atoms with Crippen molar-refractivity contribution in [1.29, 1.82) is 0 Å². The molecule has 0 bridgehead atoms. The topological polar surface area (TPSA) is 78.4 Å². The minimum absolute atomic E-state index is 0.0209. The second kappa shape index (κ2) is 7.85. The number of hydrogen-bond acceptors (Lipinski definition) is 7. The molecule has 2 aromatic rings. The van der Waals surface area contributed by atoms with Crippen molar-refractivity contribution in [3.8, 4) is 0 Å². The summed E-state index contributed by atoms with van der Waals surface area (Å²) in [5.41, 5.74) is 0.493. The van der Waals surface area contributed by atoms with Crippen LogP contribution in [-0.4, -0.2) is 70.0 Å². The van der Waals surface area contributed by atoms with Gasteiger partial charge in [0.1, 0.15) is 17.3 Å². The molecule has 0 aromatic carbocycles. The fourth-order valence-electron chi connectivity index (χ4n) is 3.67. The molecule has 4 heterocycles. The maximum atomic E-state index is 13.0. The number of aryl methyl sites for hydroxylation is 1. The molecule has 0 radical (unpaired) electrons. The predicted octanol–water partition coefficient (Wildman–Crippen LogP) is 1.53. The number of aromatic nitrogens is 4. The van der Waals surface area contributed by atoms with Crippen LogP contribution in [-0.2, 0) is 0 Å². The van der Waals surface area contributed by atoms with E-state index in [1.165, 1.54) is 19.3 Å². The van der Waals surface area contributed by atoms with Crippen LogP contribution in [0.5, 0.6) is 0 Å². The number of anilines is 2. The molecule has 2 aliphatic rings. The Hall–Kier alpha value is -2.77. The summed E-state index contributed by atoms with van der Waals surface area (Å²) < 4.78 is 0. The van der Waals surface area contributed by atoms with Crippen LogP contribution < -0.4 is 9.80 Å². The molecular weight excluding hydrogens is 342 g/mol. The zero-order chi connectivity index (χ0) is 18.6. The highest BCUT2D eigenvalue weighted by Gasteiger charge is 2.25. The second-order valence-electron chi connectivity index (χ2n) is 7.03. The highest BCUT2D eigenvalue weighted by atomic mass is 16.2. The standard InChI is InChI=1S/C19H25N7O/c1-15-22-16(14-17(23-15)24-8-3-2-4-9-24)18(27)25-10-12-26(13-11-25)19-20-6-5-7-21-19/h5-7,14H,2-4,8-13H2,1H3. The summed E-state index contributed by atoms with van der Waals surface area (Å²) in [6.07, 6.45) is 7.10. The molecule has 142 valence electrons. The third-order valence-electron chi connectivity index (χ3n) is 5.13. The maximum Gasteiger partial charge on any atom is 0.272 e. The molecule has 2 fully saturated rings. The minimum Gasteiger partial charge on any atom is -0.356 e. The highest BCUT2D eigenvalue weighted by Crippen LogP contribution is 2.20. The van der Waals surface area contributed by atoms with E-state index in [1.807, 2.05) is 17.9 Å². The fraction of sp³-hybridized carbons (Fsp3) is 0.526. The van der Waals surface area contributed by atoms with Crippen molar-refractivity contribution >= 4 is 17.7 Å². The van der Waals surface area contributed by atoms with Gasteiger partial charge >= 0.3 is 0 Å². The van der Waals surface area contributed by atoms with Crippen LogP contribution in [0.3, 0.4) is 0 Å². The number of carbonyl (C=O) groups excluding carboxylic acids is 1. The average molecular weight is 367 g/mol. The SMILES string of the molecule is Cc1nc(C(=O)N2CCN(c3ncccn3)CC2)cc(N2CCCCC2)n1. The third kappa shape index (κ3) is 3.99. The van der Waals surface area contributed by atoms with Crippen LogP contribution in [0.2, 0.25) is 0 Å². The Labute approximate surface area is 159 Å². The van der Waals surface area contributed by atoms with Crippen molar-refractivity contribution < 1.29 is 4.79 Å². The number of piperazine rings is 1. The first-order valence-corrected chi connectivity index (χ1v) is 9.62. The Morgan fingerprint density at radius 3 is 2.30 bits per heavy atom. The number of piperidine rings is 1. The van der Waals surface area contributed by atoms with Gasteiger partial charge in [-0.25, -0.2) is 19.9 Å². The Morgan fingerprint density at radius 2 is 1.59 bits per heavy atom. The molecule has 8 nitrogen and oxygen atoms in total. The fourth-order valence-corrected chi connectivity index (χ4v) is 3.67. The molecule has 0 atom stereocenters. The Balaban J connectivity index is 1.44. The highest BCUT2D eigenvalue weighted by molar-refractivity contribution is 5.93. The van der Waals surface area contributed by atoms with Crippen molar-refractivity contribution in [2.75, 3.05) is 49.1 Å². The van der Waals surface area contributed by atoms with Crippen molar-refractivity contribution in [1.82, 2.24) is 24.8 Å². The summed E-state index contributed by atoms with van der Waals surface area (Å²) in [5, 5.41) is 0. The summed E-state index contributed by atoms with van der Waals surface area (Å²) in [6.45, 7) is 6.57. The van der Waals surface area contributed by atoms with Crippen LogP contribution >= 0.6 is 0 Å². The van der Waals surface area contributed by atoms with Gasteiger partial charge in [0, 0.05) is 57.7 Å². The zero-order valence-electron chi connectivity index (χ0n) is 15.7. The van der Waals surface area contributed by atoms with Gasteiger partial charge in [-0.1, -0.05) is 0 Å². The molecule has 2 saturated heterocycles. The summed E-state index contributed by atoms with van der Waals surface area (Å²) in [6, 6.07) is 3.66. The van der Waals surface area contributed by atoms with Crippen molar-refractivity contribution in [3.63, 3.8) is 0 Å². The lowest BCUT2D eigenvalue weighted by molar-refractivity contribution is 0.0740. The quantitative estimate of drug-likeness (QED) is 0.814. The predicted molar refractivity (Wildman–Crippen MR) is 103 cm³/mol. The van der Waals surface area contributed by atoms with E-state index in [0.717, 1.165) is 37.9 Å². The molecule has 1 amide bonds. The monoisotopic (exact) mass is 367 g/mol. The average Bonchev–Trinajstić information content (AvgIpc) is 2.74. The molecule has 0 aliphatic carbocycles. The Kier molecular flexibility index (Phi) is 5.13. The maximum absolute atomic E-state index is 13.0. The minimum atomic E-state index is -0.0209. The molecule has 0 N–H and O–H groups in total. The van der Waals surface area contributed by atoms with Crippen LogP contribution in [0.15, 0.2) is 24.5 Å². The van der Waals surface area contributed by atoms with Gasteiger partial charge < -0.3 is 14.7 Å². The van der Waals surface area contributed by atoms with E-state index in [1.54, 1.807) is 18.5 Å². The molecule has 2 aromatic heterocycles. The van der Waals surface area contributed by atoms with Crippen molar-refractivity contribution in [2.24, 2.45) is 0 Å². The Morgan fingerprint density at radius 1 is 0.889 bits per heavy atom. The van der Waals surface area contributed by atoms with Gasteiger partial charge in [0.15, 0.2) is 0 Å². The molecule has 8 heteroatoms. The van der Waals surface area contributed by atoms with Crippen molar-refractivity contribution in [2.45, 2.75) is 26.2 Å². The van der Waals surface area contributed by atoms with Gasteiger partial charge in [0.05, 0.1) is 0 Å². The van der Waals surface area contributed by atoms with E-state index in [0.29, 0.717) is 24.6 Å². The van der Waals surface area contributed by atoms with E-state index < -0.39 is 0 Å². The largest absolute Gasteiger partial charge is 0.356 e. The third-order valence-corrected chi connectivity index (χ3v) is 5.13. The van der Waals surface area contributed by atoms with Crippen LogP contribution in [0.4, 0.5) is 11.8 Å². The van der Waals surface area contributed by atoms with Crippen LogP contribution in [0, 0.1) is 6.92 Å². The van der Waals surface area contributed by atoms with E-state index in [-0.39, 0.29) is 5.91 Å². The first-order valence-electron chi connectivity index (χ1n) is 9.62. The summed E-state index contributed by atoms with van der Waals surface area (Å²) in [4.78, 5) is 36.8. The molecule has 2 aliphatic heterocycles. The number of carbonyl (C=O) groups is 1. The summed E-state index contributed by atoms with van der Waals surface area (Å²) in [7, 11) is 0. The van der Waals surface area contributed by atoms with Gasteiger partial charge in [-0.05, 0) is 32.3 Å². The smallest absolute Gasteiger partial charge is 0.272 e. The first kappa shape index (κ1) is 17.6. The lowest BCUT2D eigenvalue weighted by Gasteiger charge is -2.34. The van der Waals surface area contributed by atoms with E-state index in [2.05, 4.69) is 29.7 Å². The van der Waals surface area contributed by atoms with Gasteiger partial charge in [-0.3, -0.25) is 4.79 Å². The molecule has 0 spiro atoms. The molecule has 0 saturated carbocycles. The van der Waals surface area contributed by atoms with Gasteiger partial charge in [-0.15, -0.1) is 0 Å². The van der Waals surface area contributed by atoms with E-state index in [9.17, 15) is 4.79 Å². The number of hydrogen-bond donors (Lipinski definition) is 0. The van der Waals surface area contributed by atoms with E-state index >= 15 is 0 Å². The summed E-state index contributed by atoms with van der Waals surface area (Å²) in [5.74, 6) is 2.22. The van der Waals surface area contributed by atoms with Crippen LogP contribution in [0.1, 0.15) is 35.6 Å². The number of rotatable bonds is 3. The lowest BCUT2D eigenvalue weighted by Crippen LogP contribution is -2.49. The number of nitrogens with zero attached hydrogens (tertiary/aromatic N) is 7. The van der Waals surface area contributed by atoms with Gasteiger partial charge in [0.25, 0.3) is 5.91 Å². The van der Waals surface area contributed by atoms with Gasteiger partial charge in [0.2, 0.25) is 5.95 Å². The number of amides is 1. The van der Waals surface area contributed by atoms with Crippen molar-refractivity contribution in [3.05, 3.63) is 36.0 Å². The Bertz CT molecular complexity index is 784. The molecular formula is C19H25N7O. The molecule has 0 unspecified atom stereocenters. The lowest BCUT2D eigenvalue weighted by atomic mass is 10.1. The molecule has 4 rings (SSSR count). The van der Waals surface area contributed by atoms with Gasteiger partial charge in [-0.2, -0.15) is 0 Å². The van der Waals surface area contributed by atoms with Crippen LogP contribution in [0.25, 0.3) is 0 Å². The first-order chi connectivity index (χ1) is 13.2. The zero-order valence-corrected chi connectivity index (χ0v) is 15.7. The normalized spacial score (nSPS) is 17.9. The van der Waals surface area contributed by atoms with E-state index in [4.69, 9.17) is 0 Å². The molecule has 27 heavy (non-hydrogen) atoms.